The number of likely N-dealkylation sites (N-methyl/N-ethyl adjacent to an activating group) is 1. The summed E-state index contributed by atoms with van der Waals surface area (Å²) in [6.07, 6.45) is 1.89. The first-order chi connectivity index (χ1) is 15.8. The molecule has 2 heterocycles. The molecule has 0 spiro atoms. The second-order valence-electron chi connectivity index (χ2n) is 7.56. The van der Waals surface area contributed by atoms with Crippen molar-refractivity contribution in [1.29, 1.82) is 0 Å². The number of furan rings is 1. The lowest BCUT2D eigenvalue weighted by molar-refractivity contribution is 0.0921. The second kappa shape index (κ2) is 11.0. The lowest BCUT2D eigenvalue weighted by Crippen LogP contribution is -2.31. The predicted molar refractivity (Wildman–Crippen MR) is 125 cm³/mol. The van der Waals surface area contributed by atoms with E-state index in [0.717, 1.165) is 11.4 Å². The number of methoxy groups -OCH3 is 2. The van der Waals surface area contributed by atoms with Gasteiger partial charge in [0.1, 0.15) is 5.76 Å². The molecule has 0 radical (unpaired) electrons. The van der Waals surface area contributed by atoms with Crippen LogP contribution in [0.2, 0.25) is 0 Å². The van der Waals surface area contributed by atoms with E-state index in [2.05, 4.69) is 10.3 Å². The number of aryl methyl sites for hydroxylation is 1. The number of carbonyl (C=O) groups is 2. The van der Waals surface area contributed by atoms with Crippen molar-refractivity contribution < 1.29 is 23.5 Å². The van der Waals surface area contributed by atoms with E-state index in [1.165, 1.54) is 25.6 Å². The van der Waals surface area contributed by atoms with E-state index in [-0.39, 0.29) is 11.7 Å². The fourth-order valence-corrected chi connectivity index (χ4v) is 3.89. The van der Waals surface area contributed by atoms with Gasteiger partial charge in [0.25, 0.3) is 11.8 Å². The van der Waals surface area contributed by atoms with Gasteiger partial charge in [-0.2, -0.15) is 4.99 Å². The van der Waals surface area contributed by atoms with E-state index >= 15 is 0 Å². The Morgan fingerprint density at radius 2 is 1.91 bits per heavy atom. The van der Waals surface area contributed by atoms with Gasteiger partial charge in [-0.3, -0.25) is 9.59 Å². The van der Waals surface area contributed by atoms with E-state index < -0.39 is 5.91 Å². The Balaban J connectivity index is 1.77. The number of thiazole rings is 1. The van der Waals surface area contributed by atoms with Crippen molar-refractivity contribution in [3.8, 4) is 11.5 Å². The molecule has 0 aliphatic carbocycles. The summed E-state index contributed by atoms with van der Waals surface area (Å²) in [4.78, 5) is 32.8. The van der Waals surface area contributed by atoms with Crippen LogP contribution in [-0.2, 0) is 6.54 Å². The van der Waals surface area contributed by atoms with Crippen molar-refractivity contribution in [3.63, 3.8) is 0 Å². The third-order valence-corrected chi connectivity index (χ3v) is 5.66. The predicted octanol–water partition coefficient (Wildman–Crippen LogP) is 2.55. The molecule has 1 N–H and O–H groups in total. The van der Waals surface area contributed by atoms with Crippen molar-refractivity contribution in [3.05, 3.63) is 63.3 Å². The number of aromatic nitrogens is 1. The number of nitrogens with one attached hydrogen (secondary N) is 1. The smallest absolute Gasteiger partial charge is 0.287 e. The number of benzene rings is 1. The maximum Gasteiger partial charge on any atom is 0.287 e. The minimum absolute atomic E-state index is 0.246. The van der Waals surface area contributed by atoms with Gasteiger partial charge in [0.2, 0.25) is 0 Å². The Hall–Kier alpha value is -3.37. The van der Waals surface area contributed by atoms with Gasteiger partial charge in [-0.25, -0.2) is 0 Å². The maximum atomic E-state index is 12.8. The topological polar surface area (TPSA) is 98.3 Å². The van der Waals surface area contributed by atoms with Crippen LogP contribution in [0.4, 0.5) is 0 Å². The molecule has 0 atom stereocenters. The molecular formula is C23H28N4O5S. The van der Waals surface area contributed by atoms with Crippen LogP contribution in [0.5, 0.6) is 11.5 Å². The molecule has 1 aromatic carbocycles. The quantitative estimate of drug-likeness (QED) is 0.514. The molecule has 33 heavy (non-hydrogen) atoms. The zero-order valence-corrected chi connectivity index (χ0v) is 20.2. The van der Waals surface area contributed by atoms with Crippen LogP contribution in [-0.4, -0.2) is 62.7 Å². The van der Waals surface area contributed by atoms with Crippen molar-refractivity contribution in [2.45, 2.75) is 13.5 Å². The first-order valence-electron chi connectivity index (χ1n) is 10.3. The van der Waals surface area contributed by atoms with E-state index in [0.29, 0.717) is 40.7 Å². The summed E-state index contributed by atoms with van der Waals surface area (Å²) < 4.78 is 18.0. The molecule has 3 aromatic rings. The number of rotatable bonds is 9. The van der Waals surface area contributed by atoms with Crippen LogP contribution >= 0.6 is 11.3 Å². The zero-order valence-electron chi connectivity index (χ0n) is 19.4. The summed E-state index contributed by atoms with van der Waals surface area (Å²) in [6, 6.07) is 8.31. The first-order valence-corrected chi connectivity index (χ1v) is 11.1. The SMILES string of the molecule is COc1ccc(C(=O)N=c2sc(C)cn2Cc2ccc(C(=O)NCCN(C)C)o2)cc1OC. The average Bonchev–Trinajstić information content (AvgIpc) is 3.39. The van der Waals surface area contributed by atoms with E-state index in [1.54, 1.807) is 30.3 Å². The lowest BCUT2D eigenvalue weighted by atomic mass is 10.2. The van der Waals surface area contributed by atoms with Crippen molar-refractivity contribution >= 4 is 23.2 Å². The number of nitrogens with zero attached hydrogens (tertiary/aromatic N) is 3. The summed E-state index contributed by atoms with van der Waals surface area (Å²) >= 11 is 1.40. The molecule has 0 unspecified atom stereocenters. The molecule has 10 heteroatoms. The fraction of sp³-hybridized carbons (Fsp3) is 0.348. The maximum absolute atomic E-state index is 12.8. The van der Waals surface area contributed by atoms with Crippen molar-refractivity contribution in [2.75, 3.05) is 41.4 Å². The summed E-state index contributed by atoms with van der Waals surface area (Å²) in [5, 5.41) is 2.82. The third-order valence-electron chi connectivity index (χ3n) is 4.72. The number of carbonyl (C=O) groups excluding carboxylic acids is 2. The lowest BCUT2D eigenvalue weighted by Gasteiger charge is -2.09. The summed E-state index contributed by atoms with van der Waals surface area (Å²) in [5.41, 5.74) is 0.389. The van der Waals surface area contributed by atoms with E-state index in [1.807, 2.05) is 36.7 Å². The van der Waals surface area contributed by atoms with Crippen LogP contribution in [0.15, 0.2) is 45.9 Å². The molecule has 0 aliphatic heterocycles. The largest absolute Gasteiger partial charge is 0.493 e. The average molecular weight is 473 g/mol. The van der Waals surface area contributed by atoms with Crippen molar-refractivity contribution in [1.82, 2.24) is 14.8 Å². The highest BCUT2D eigenvalue weighted by molar-refractivity contribution is 7.09. The zero-order chi connectivity index (χ0) is 24.0. The number of amides is 2. The molecule has 0 saturated heterocycles. The molecular weight excluding hydrogens is 444 g/mol. The summed E-state index contributed by atoms with van der Waals surface area (Å²) in [5.74, 6) is 1.17. The molecule has 2 amide bonds. The highest BCUT2D eigenvalue weighted by atomic mass is 32.1. The molecule has 0 aliphatic rings. The Bertz CT molecular complexity index is 1190. The molecule has 9 nitrogen and oxygen atoms in total. The van der Waals surface area contributed by atoms with Gasteiger partial charge in [-0.15, -0.1) is 11.3 Å². The number of hydrogen-bond donors (Lipinski definition) is 1. The summed E-state index contributed by atoms with van der Waals surface area (Å²) in [7, 11) is 6.93. The number of hydrogen-bond acceptors (Lipinski definition) is 7. The van der Waals surface area contributed by atoms with E-state index in [9.17, 15) is 9.59 Å². The van der Waals surface area contributed by atoms with Gasteiger partial charge in [-0.1, -0.05) is 0 Å². The Morgan fingerprint density at radius 3 is 2.61 bits per heavy atom. The first kappa shape index (κ1) is 24.3. The third kappa shape index (κ3) is 6.33. The molecule has 0 fully saturated rings. The standard InChI is InChI=1S/C23H28N4O5S/c1-15-13-27(14-17-7-9-19(32-17)22(29)24-10-11-26(2)3)23(33-15)25-21(28)16-6-8-18(30-4)20(12-16)31-5/h6-9,12-13H,10-11,14H2,1-5H3,(H,24,29). The van der Waals surface area contributed by atoms with Gasteiger partial charge in [0.15, 0.2) is 22.1 Å². The minimum Gasteiger partial charge on any atom is -0.493 e. The van der Waals surface area contributed by atoms with Gasteiger partial charge < -0.3 is 28.7 Å². The highest BCUT2D eigenvalue weighted by Gasteiger charge is 2.14. The van der Waals surface area contributed by atoms with Crippen LogP contribution < -0.4 is 19.6 Å². The molecule has 2 aromatic heterocycles. The van der Waals surface area contributed by atoms with Crippen molar-refractivity contribution in [2.24, 2.45) is 4.99 Å². The molecule has 0 saturated carbocycles. The number of ether oxygens (including phenoxy) is 2. The minimum atomic E-state index is -0.396. The van der Waals surface area contributed by atoms with Gasteiger partial charge in [0, 0.05) is 29.7 Å². The molecule has 176 valence electrons. The molecule has 3 rings (SSSR count). The van der Waals surface area contributed by atoms with Gasteiger partial charge in [0.05, 0.1) is 20.8 Å². The van der Waals surface area contributed by atoms with Gasteiger partial charge >= 0.3 is 0 Å². The normalized spacial score (nSPS) is 11.6. The Morgan fingerprint density at radius 1 is 1.15 bits per heavy atom. The Labute approximate surface area is 196 Å². The monoisotopic (exact) mass is 472 g/mol. The van der Waals surface area contributed by atoms with Crippen LogP contribution in [0.25, 0.3) is 0 Å². The second-order valence-corrected chi connectivity index (χ2v) is 8.78. The van der Waals surface area contributed by atoms with Crippen LogP contribution in [0.1, 0.15) is 31.6 Å². The van der Waals surface area contributed by atoms with Crippen LogP contribution in [0, 0.1) is 6.92 Å². The van der Waals surface area contributed by atoms with E-state index in [4.69, 9.17) is 13.9 Å². The highest BCUT2D eigenvalue weighted by Crippen LogP contribution is 2.27. The van der Waals surface area contributed by atoms with Gasteiger partial charge in [-0.05, 0) is 51.4 Å². The van der Waals surface area contributed by atoms with Crippen LogP contribution in [0.3, 0.4) is 0 Å². The summed E-state index contributed by atoms with van der Waals surface area (Å²) in [6.45, 7) is 3.55. The Kier molecular flexibility index (Phi) is 8.07. The molecule has 0 bridgehead atoms. The fourth-order valence-electron chi connectivity index (χ4n) is 3.06.